The Balaban J connectivity index is 1.86. The Bertz CT molecular complexity index is 824. The van der Waals surface area contributed by atoms with Gasteiger partial charge < -0.3 is 14.8 Å². The summed E-state index contributed by atoms with van der Waals surface area (Å²) in [7, 11) is 3.07. The molecule has 7 nitrogen and oxygen atoms in total. The van der Waals surface area contributed by atoms with Crippen molar-refractivity contribution < 1.29 is 19.1 Å². The third-order valence-corrected chi connectivity index (χ3v) is 3.67. The monoisotopic (exact) mass is 375 g/mol. The Morgan fingerprint density at radius 3 is 2.54 bits per heavy atom. The summed E-state index contributed by atoms with van der Waals surface area (Å²) >= 11 is 5.93. The van der Waals surface area contributed by atoms with Crippen molar-refractivity contribution in [2.75, 3.05) is 20.8 Å². The summed E-state index contributed by atoms with van der Waals surface area (Å²) in [6.45, 7) is -0.229. The van der Waals surface area contributed by atoms with Crippen LogP contribution >= 0.6 is 11.6 Å². The molecule has 0 heterocycles. The van der Waals surface area contributed by atoms with E-state index in [0.717, 1.165) is 0 Å². The highest BCUT2D eigenvalue weighted by Gasteiger charge is 2.10. The second-order valence-corrected chi connectivity index (χ2v) is 5.48. The van der Waals surface area contributed by atoms with Crippen molar-refractivity contribution >= 4 is 29.6 Å². The molecule has 0 aliphatic rings. The van der Waals surface area contributed by atoms with Crippen LogP contribution in [-0.4, -0.2) is 38.8 Å². The fraction of sp³-hybridized carbons (Fsp3) is 0.167. The fourth-order valence-electron chi connectivity index (χ4n) is 2.05. The Labute approximate surface area is 155 Å². The lowest BCUT2D eigenvalue weighted by Crippen LogP contribution is -2.35. The standard InChI is InChI=1S/C18H18ClN3O4/c1-25-15-8-7-12(9-16(15)26-2)10-21-22-17(23)11-20-18(24)13-5-3-4-6-14(13)19/h3-10H,11H2,1-2H3,(H,20,24)(H,22,23)/b21-10+. The molecule has 0 aliphatic carbocycles. The summed E-state index contributed by atoms with van der Waals surface area (Å²) in [6, 6.07) is 11.8. The summed E-state index contributed by atoms with van der Waals surface area (Å²) in [5, 5.41) is 6.63. The van der Waals surface area contributed by atoms with Crippen molar-refractivity contribution in [2.45, 2.75) is 0 Å². The number of amides is 2. The molecule has 0 fully saturated rings. The van der Waals surface area contributed by atoms with Gasteiger partial charge in [0.1, 0.15) is 0 Å². The number of benzene rings is 2. The third kappa shape index (κ3) is 5.22. The molecule has 0 radical (unpaired) electrons. The van der Waals surface area contributed by atoms with Crippen LogP contribution in [0.2, 0.25) is 5.02 Å². The van der Waals surface area contributed by atoms with Crippen molar-refractivity contribution in [1.29, 1.82) is 0 Å². The van der Waals surface area contributed by atoms with Crippen LogP contribution in [0.1, 0.15) is 15.9 Å². The molecule has 0 saturated carbocycles. The maximum atomic E-state index is 12.0. The third-order valence-electron chi connectivity index (χ3n) is 3.34. The van der Waals surface area contributed by atoms with Crippen LogP contribution in [0.25, 0.3) is 0 Å². The smallest absolute Gasteiger partial charge is 0.259 e. The summed E-state index contributed by atoms with van der Waals surface area (Å²) in [5.41, 5.74) is 3.34. The molecular formula is C18H18ClN3O4. The average Bonchev–Trinajstić information content (AvgIpc) is 2.66. The van der Waals surface area contributed by atoms with Gasteiger partial charge in [0.05, 0.1) is 37.6 Å². The molecule has 0 bridgehead atoms. The van der Waals surface area contributed by atoms with Gasteiger partial charge in [0.25, 0.3) is 11.8 Å². The molecule has 136 valence electrons. The van der Waals surface area contributed by atoms with Crippen LogP contribution in [0, 0.1) is 0 Å². The van der Waals surface area contributed by atoms with Gasteiger partial charge in [-0.2, -0.15) is 5.10 Å². The quantitative estimate of drug-likeness (QED) is 0.573. The Kier molecular flexibility index (Phi) is 6.99. The van der Waals surface area contributed by atoms with Gasteiger partial charge in [-0.05, 0) is 35.9 Å². The Morgan fingerprint density at radius 2 is 1.85 bits per heavy atom. The predicted molar refractivity (Wildman–Crippen MR) is 99.1 cm³/mol. The van der Waals surface area contributed by atoms with Crippen LogP contribution in [0.15, 0.2) is 47.6 Å². The molecule has 8 heteroatoms. The number of hydrazone groups is 1. The number of halogens is 1. The summed E-state index contributed by atoms with van der Waals surface area (Å²) in [6.07, 6.45) is 1.45. The maximum Gasteiger partial charge on any atom is 0.259 e. The lowest BCUT2D eigenvalue weighted by Gasteiger charge is -2.07. The minimum atomic E-state index is -0.470. The van der Waals surface area contributed by atoms with Gasteiger partial charge in [-0.3, -0.25) is 9.59 Å². The first-order valence-electron chi connectivity index (χ1n) is 7.61. The van der Waals surface area contributed by atoms with Gasteiger partial charge in [0.2, 0.25) is 0 Å². The van der Waals surface area contributed by atoms with Crippen LogP contribution in [-0.2, 0) is 4.79 Å². The average molecular weight is 376 g/mol. The normalized spacial score (nSPS) is 10.4. The minimum Gasteiger partial charge on any atom is -0.493 e. The number of hydrogen-bond acceptors (Lipinski definition) is 5. The van der Waals surface area contributed by atoms with Gasteiger partial charge in [0.15, 0.2) is 11.5 Å². The molecule has 2 aromatic rings. The van der Waals surface area contributed by atoms with Gasteiger partial charge in [-0.1, -0.05) is 23.7 Å². The number of rotatable bonds is 7. The van der Waals surface area contributed by atoms with Crippen molar-refractivity contribution in [2.24, 2.45) is 5.10 Å². The van der Waals surface area contributed by atoms with Gasteiger partial charge in [-0.25, -0.2) is 5.43 Å². The van der Waals surface area contributed by atoms with Crippen LogP contribution in [0.4, 0.5) is 0 Å². The van der Waals surface area contributed by atoms with Crippen molar-refractivity contribution in [3.8, 4) is 11.5 Å². The highest BCUT2D eigenvalue weighted by atomic mass is 35.5. The van der Waals surface area contributed by atoms with Crippen molar-refractivity contribution in [3.63, 3.8) is 0 Å². The van der Waals surface area contributed by atoms with E-state index in [9.17, 15) is 9.59 Å². The SMILES string of the molecule is COc1ccc(/C=N/NC(=O)CNC(=O)c2ccccc2Cl)cc1OC. The zero-order chi connectivity index (χ0) is 18.9. The van der Waals surface area contributed by atoms with E-state index >= 15 is 0 Å². The number of nitrogens with one attached hydrogen (secondary N) is 2. The van der Waals surface area contributed by atoms with Crippen molar-refractivity contribution in [3.05, 3.63) is 58.6 Å². The molecule has 0 aliphatic heterocycles. The Morgan fingerprint density at radius 1 is 1.12 bits per heavy atom. The first-order valence-corrected chi connectivity index (χ1v) is 7.99. The van der Waals surface area contributed by atoms with Crippen molar-refractivity contribution in [1.82, 2.24) is 10.7 Å². The van der Waals surface area contributed by atoms with Gasteiger partial charge in [-0.15, -0.1) is 0 Å². The lowest BCUT2D eigenvalue weighted by molar-refractivity contribution is -0.120. The largest absolute Gasteiger partial charge is 0.493 e. The van der Waals surface area contributed by atoms with E-state index in [2.05, 4.69) is 15.8 Å². The summed E-state index contributed by atoms with van der Waals surface area (Å²) in [5.74, 6) is 0.238. The van der Waals surface area contributed by atoms with E-state index in [1.807, 2.05) is 0 Å². The van der Waals surface area contributed by atoms with E-state index in [0.29, 0.717) is 27.6 Å². The number of carbonyl (C=O) groups is 2. The molecule has 0 spiro atoms. The van der Waals surface area contributed by atoms with E-state index in [1.165, 1.54) is 13.3 Å². The zero-order valence-electron chi connectivity index (χ0n) is 14.3. The second kappa shape index (κ2) is 9.43. The molecule has 2 aromatic carbocycles. The van der Waals surface area contributed by atoms with Crippen LogP contribution in [0.5, 0.6) is 11.5 Å². The second-order valence-electron chi connectivity index (χ2n) is 5.07. The maximum absolute atomic E-state index is 12.0. The first kappa shape index (κ1) is 19.3. The summed E-state index contributed by atoms with van der Waals surface area (Å²) < 4.78 is 10.3. The molecular weight excluding hydrogens is 358 g/mol. The highest BCUT2D eigenvalue weighted by molar-refractivity contribution is 6.33. The van der Waals surface area contributed by atoms with E-state index < -0.39 is 11.8 Å². The number of nitrogens with zero attached hydrogens (tertiary/aromatic N) is 1. The van der Waals surface area contributed by atoms with E-state index in [4.69, 9.17) is 21.1 Å². The molecule has 26 heavy (non-hydrogen) atoms. The van der Waals surface area contributed by atoms with Crippen LogP contribution < -0.4 is 20.2 Å². The van der Waals surface area contributed by atoms with E-state index in [1.54, 1.807) is 49.6 Å². The first-order chi connectivity index (χ1) is 12.5. The Hall–Kier alpha value is -3.06. The highest BCUT2D eigenvalue weighted by Crippen LogP contribution is 2.26. The van der Waals surface area contributed by atoms with Gasteiger partial charge >= 0.3 is 0 Å². The molecule has 2 N–H and O–H groups in total. The van der Waals surface area contributed by atoms with Crippen LogP contribution in [0.3, 0.4) is 0 Å². The fourth-order valence-corrected chi connectivity index (χ4v) is 2.27. The predicted octanol–water partition coefficient (Wildman–Crippen LogP) is 2.24. The minimum absolute atomic E-state index is 0.229. The summed E-state index contributed by atoms with van der Waals surface area (Å²) in [4.78, 5) is 23.7. The zero-order valence-corrected chi connectivity index (χ0v) is 15.0. The molecule has 0 aromatic heterocycles. The topological polar surface area (TPSA) is 89.0 Å². The molecule has 2 amide bonds. The van der Waals surface area contributed by atoms with Gasteiger partial charge in [0, 0.05) is 0 Å². The van der Waals surface area contributed by atoms with E-state index in [-0.39, 0.29) is 6.54 Å². The molecule has 0 unspecified atom stereocenters. The number of carbonyl (C=O) groups excluding carboxylic acids is 2. The molecule has 0 atom stereocenters. The molecule has 2 rings (SSSR count). The number of methoxy groups -OCH3 is 2. The number of hydrogen-bond donors (Lipinski definition) is 2. The lowest BCUT2D eigenvalue weighted by atomic mass is 10.2. The molecule has 0 saturated heterocycles. The number of ether oxygens (including phenoxy) is 2.